The van der Waals surface area contributed by atoms with Gasteiger partial charge in [0.05, 0.1) is 4.34 Å². The van der Waals surface area contributed by atoms with E-state index in [0.717, 1.165) is 22.9 Å². The first-order valence-corrected chi connectivity index (χ1v) is 6.20. The molecular weight excluding hydrogens is 242 g/mol. The van der Waals surface area contributed by atoms with Crippen molar-refractivity contribution in [3.05, 3.63) is 39.3 Å². The Hall–Kier alpha value is -1.13. The second kappa shape index (κ2) is 5.27. The summed E-state index contributed by atoms with van der Waals surface area (Å²) in [5.41, 5.74) is 1.07. The van der Waals surface area contributed by atoms with Crippen LogP contribution >= 0.6 is 22.9 Å². The third-order valence-corrected chi connectivity index (χ3v) is 3.36. The largest absolute Gasteiger partial charge is 0.354 e. The van der Waals surface area contributed by atoms with Crippen molar-refractivity contribution in [3.8, 4) is 0 Å². The number of nitrogens with zero attached hydrogens (tertiary/aromatic N) is 2. The van der Waals surface area contributed by atoms with Gasteiger partial charge in [0.15, 0.2) is 0 Å². The summed E-state index contributed by atoms with van der Waals surface area (Å²) in [6.45, 7) is 2.79. The van der Waals surface area contributed by atoms with Crippen molar-refractivity contribution in [2.75, 3.05) is 11.9 Å². The Morgan fingerprint density at radius 3 is 2.69 bits per heavy atom. The summed E-state index contributed by atoms with van der Waals surface area (Å²) in [7, 11) is 0. The van der Waals surface area contributed by atoms with Gasteiger partial charge in [-0.15, -0.1) is 11.3 Å². The lowest BCUT2D eigenvalue weighted by molar-refractivity contribution is 0.995. The van der Waals surface area contributed by atoms with Gasteiger partial charge in [-0.3, -0.25) is 0 Å². The first-order valence-electron chi connectivity index (χ1n) is 5.01. The molecule has 0 fully saturated rings. The fourth-order valence-corrected chi connectivity index (χ4v) is 2.35. The highest BCUT2D eigenvalue weighted by molar-refractivity contribution is 7.16. The molecule has 0 atom stereocenters. The van der Waals surface area contributed by atoms with E-state index in [4.69, 9.17) is 11.6 Å². The number of anilines is 1. The van der Waals surface area contributed by atoms with Gasteiger partial charge in [0, 0.05) is 23.8 Å². The van der Waals surface area contributed by atoms with Crippen molar-refractivity contribution in [1.29, 1.82) is 0 Å². The lowest BCUT2D eigenvalue weighted by Crippen LogP contribution is -2.06. The van der Waals surface area contributed by atoms with E-state index in [0.29, 0.717) is 5.95 Å². The summed E-state index contributed by atoms with van der Waals surface area (Å²) >= 11 is 7.46. The number of rotatable bonds is 4. The minimum atomic E-state index is 0.674. The van der Waals surface area contributed by atoms with Crippen molar-refractivity contribution in [3.63, 3.8) is 0 Å². The molecule has 0 aliphatic heterocycles. The maximum absolute atomic E-state index is 5.85. The molecule has 0 spiro atoms. The Kier molecular flexibility index (Phi) is 3.74. The number of aryl methyl sites for hydroxylation is 1. The molecule has 3 nitrogen and oxygen atoms in total. The Labute approximate surface area is 104 Å². The number of thiophene rings is 1. The monoisotopic (exact) mass is 253 g/mol. The molecule has 0 saturated carbocycles. The van der Waals surface area contributed by atoms with Gasteiger partial charge in [-0.05, 0) is 31.0 Å². The normalized spacial score (nSPS) is 10.4. The lowest BCUT2D eigenvalue weighted by Gasteiger charge is -2.02. The molecule has 84 valence electrons. The van der Waals surface area contributed by atoms with Crippen molar-refractivity contribution >= 4 is 28.9 Å². The number of aromatic nitrogens is 2. The van der Waals surface area contributed by atoms with E-state index in [9.17, 15) is 0 Å². The molecule has 2 aromatic rings. The SMILES string of the molecule is Cc1cnc(NCCc2ccc(Cl)s2)nc1. The van der Waals surface area contributed by atoms with Gasteiger partial charge in [-0.2, -0.15) is 0 Å². The molecule has 2 heterocycles. The summed E-state index contributed by atoms with van der Waals surface area (Å²) in [4.78, 5) is 9.61. The highest BCUT2D eigenvalue weighted by Crippen LogP contribution is 2.21. The fourth-order valence-electron chi connectivity index (χ4n) is 1.27. The first-order chi connectivity index (χ1) is 7.74. The predicted octanol–water partition coefficient (Wildman–Crippen LogP) is 3.15. The number of hydrogen-bond acceptors (Lipinski definition) is 4. The van der Waals surface area contributed by atoms with E-state index in [1.165, 1.54) is 4.88 Å². The van der Waals surface area contributed by atoms with E-state index in [-0.39, 0.29) is 0 Å². The molecule has 0 amide bonds. The summed E-state index contributed by atoms with van der Waals surface area (Å²) in [5.74, 6) is 0.674. The average Bonchev–Trinajstić information content (AvgIpc) is 2.67. The fraction of sp³-hybridized carbons (Fsp3) is 0.273. The lowest BCUT2D eigenvalue weighted by atomic mass is 10.3. The van der Waals surface area contributed by atoms with Crippen LogP contribution in [0.4, 0.5) is 5.95 Å². The molecule has 0 bridgehead atoms. The van der Waals surface area contributed by atoms with Gasteiger partial charge in [0.25, 0.3) is 0 Å². The number of halogens is 1. The molecular formula is C11H12ClN3S. The highest BCUT2D eigenvalue weighted by Gasteiger charge is 1.98. The predicted molar refractivity (Wildman–Crippen MR) is 68.3 cm³/mol. The summed E-state index contributed by atoms with van der Waals surface area (Å²) in [6.07, 6.45) is 4.54. The third-order valence-electron chi connectivity index (χ3n) is 2.06. The molecule has 0 aliphatic carbocycles. The molecule has 0 aromatic carbocycles. The minimum Gasteiger partial charge on any atom is -0.354 e. The molecule has 0 saturated heterocycles. The van der Waals surface area contributed by atoms with E-state index in [2.05, 4.69) is 15.3 Å². The number of hydrogen-bond donors (Lipinski definition) is 1. The van der Waals surface area contributed by atoms with Gasteiger partial charge in [0.1, 0.15) is 0 Å². The average molecular weight is 254 g/mol. The second-order valence-corrected chi connectivity index (χ2v) is 5.27. The van der Waals surface area contributed by atoms with Crippen LogP contribution in [0.1, 0.15) is 10.4 Å². The Morgan fingerprint density at radius 2 is 2.06 bits per heavy atom. The molecule has 16 heavy (non-hydrogen) atoms. The molecule has 0 unspecified atom stereocenters. The molecule has 5 heteroatoms. The quantitative estimate of drug-likeness (QED) is 0.910. The minimum absolute atomic E-state index is 0.674. The summed E-state index contributed by atoms with van der Waals surface area (Å²) in [5, 5.41) is 3.17. The maximum Gasteiger partial charge on any atom is 0.222 e. The van der Waals surface area contributed by atoms with Gasteiger partial charge in [-0.1, -0.05) is 11.6 Å². The van der Waals surface area contributed by atoms with Crippen LogP contribution < -0.4 is 5.32 Å². The summed E-state index contributed by atoms with van der Waals surface area (Å²) in [6, 6.07) is 3.97. The van der Waals surface area contributed by atoms with Crippen LogP contribution in [-0.2, 0) is 6.42 Å². The van der Waals surface area contributed by atoms with Gasteiger partial charge in [-0.25, -0.2) is 9.97 Å². The van der Waals surface area contributed by atoms with Crippen molar-refractivity contribution in [2.45, 2.75) is 13.3 Å². The van der Waals surface area contributed by atoms with Crippen LogP contribution in [0.5, 0.6) is 0 Å². The zero-order valence-corrected chi connectivity index (χ0v) is 10.5. The van der Waals surface area contributed by atoms with Crippen molar-refractivity contribution in [2.24, 2.45) is 0 Å². The van der Waals surface area contributed by atoms with Crippen molar-refractivity contribution in [1.82, 2.24) is 9.97 Å². The van der Waals surface area contributed by atoms with E-state index in [1.54, 1.807) is 23.7 Å². The van der Waals surface area contributed by atoms with Crippen LogP contribution in [0.2, 0.25) is 4.34 Å². The van der Waals surface area contributed by atoms with Crippen molar-refractivity contribution < 1.29 is 0 Å². The van der Waals surface area contributed by atoms with Crippen LogP contribution in [0, 0.1) is 6.92 Å². The standard InChI is InChI=1S/C11H12ClN3S/c1-8-6-14-11(15-7-8)13-5-4-9-2-3-10(12)16-9/h2-3,6-7H,4-5H2,1H3,(H,13,14,15). The van der Waals surface area contributed by atoms with Gasteiger partial charge < -0.3 is 5.32 Å². The molecule has 2 aromatic heterocycles. The maximum atomic E-state index is 5.85. The van der Waals surface area contributed by atoms with Gasteiger partial charge in [0.2, 0.25) is 5.95 Å². The van der Waals surface area contributed by atoms with Crippen LogP contribution in [0.25, 0.3) is 0 Å². The second-order valence-electron chi connectivity index (χ2n) is 3.47. The zero-order valence-electron chi connectivity index (χ0n) is 8.90. The van der Waals surface area contributed by atoms with Crippen LogP contribution in [-0.4, -0.2) is 16.5 Å². The van der Waals surface area contributed by atoms with E-state index in [1.807, 2.05) is 19.1 Å². The topological polar surface area (TPSA) is 37.8 Å². The Morgan fingerprint density at radius 1 is 1.31 bits per heavy atom. The Balaban J connectivity index is 1.82. The van der Waals surface area contributed by atoms with Crippen LogP contribution in [0.15, 0.2) is 24.5 Å². The molecule has 0 radical (unpaired) electrons. The zero-order chi connectivity index (χ0) is 11.4. The van der Waals surface area contributed by atoms with E-state index >= 15 is 0 Å². The summed E-state index contributed by atoms with van der Waals surface area (Å²) < 4.78 is 0.835. The highest BCUT2D eigenvalue weighted by atomic mass is 35.5. The third kappa shape index (κ3) is 3.18. The molecule has 1 N–H and O–H groups in total. The molecule has 0 aliphatic rings. The Bertz CT molecular complexity index is 453. The van der Waals surface area contributed by atoms with Gasteiger partial charge >= 0.3 is 0 Å². The first kappa shape index (κ1) is 11.4. The van der Waals surface area contributed by atoms with Crippen LogP contribution in [0.3, 0.4) is 0 Å². The van der Waals surface area contributed by atoms with E-state index < -0.39 is 0 Å². The number of nitrogens with one attached hydrogen (secondary N) is 1. The smallest absolute Gasteiger partial charge is 0.222 e. The molecule has 2 rings (SSSR count).